The molecule has 312 valence electrons. The molecule has 3 saturated heterocycles. The van der Waals surface area contributed by atoms with E-state index in [1.54, 1.807) is 60.7 Å². The van der Waals surface area contributed by atoms with Crippen LogP contribution in [-0.2, 0) is 47.7 Å². The standard InChI is InChI=1S/C28H30FN5O5.2C6H6O3S/c29-21-12-17(14-32-15-19(16-32)33-8-10-39-11-9-33)4-5-18(21)13-30-22-3-1-2-20-25(22)28(38)34(27(20)37)23-6-7-24(35)31-26(23)36;2*7-10(8,9)6-4-2-1-3-5-6/h1-5,12,19,23,30H,6-11,13-16H2,(H,31,35,36);2*1-5H,(H,7,8,9)/t23-;;/m0../s1. The molecule has 4 aliphatic heterocycles. The van der Waals surface area contributed by atoms with Crippen LogP contribution < -0.4 is 10.6 Å². The minimum Gasteiger partial charge on any atom is -0.380 e. The number of nitrogens with zero attached hydrogens (tertiary/aromatic N) is 3. The van der Waals surface area contributed by atoms with Gasteiger partial charge in [0, 0.05) is 63.0 Å². The van der Waals surface area contributed by atoms with Gasteiger partial charge in [-0.2, -0.15) is 16.8 Å². The third-order valence-corrected chi connectivity index (χ3v) is 11.8. The van der Waals surface area contributed by atoms with E-state index >= 15 is 4.39 Å². The fraction of sp³-hybridized carbons (Fsp3) is 0.300. The molecule has 4 amide bonds. The van der Waals surface area contributed by atoms with E-state index in [0.717, 1.165) is 49.9 Å². The second-order valence-corrected chi connectivity index (χ2v) is 16.9. The summed E-state index contributed by atoms with van der Waals surface area (Å²) >= 11 is 0. The zero-order valence-electron chi connectivity index (χ0n) is 31.6. The molecule has 0 aliphatic carbocycles. The molecule has 19 heteroatoms. The van der Waals surface area contributed by atoms with Gasteiger partial charge in [-0.25, -0.2) is 4.39 Å². The highest BCUT2D eigenvalue weighted by atomic mass is 32.2. The minimum atomic E-state index is -4.00. The Bertz CT molecular complexity index is 2340. The van der Waals surface area contributed by atoms with E-state index in [2.05, 4.69) is 20.4 Å². The molecule has 4 aromatic rings. The van der Waals surface area contributed by atoms with Gasteiger partial charge < -0.3 is 10.1 Å². The molecule has 0 bridgehead atoms. The number of benzene rings is 4. The van der Waals surface area contributed by atoms with Gasteiger partial charge in [0.2, 0.25) is 11.8 Å². The number of halogens is 1. The Kier molecular flexibility index (Phi) is 13.7. The van der Waals surface area contributed by atoms with Crippen molar-refractivity contribution < 1.29 is 54.2 Å². The molecule has 59 heavy (non-hydrogen) atoms. The summed E-state index contributed by atoms with van der Waals surface area (Å²) in [5, 5.41) is 5.29. The van der Waals surface area contributed by atoms with Crippen molar-refractivity contribution in [2.24, 2.45) is 0 Å². The predicted octanol–water partition coefficient (Wildman–Crippen LogP) is 3.22. The highest BCUT2D eigenvalue weighted by Crippen LogP contribution is 2.33. The zero-order chi connectivity index (χ0) is 42.3. The van der Waals surface area contributed by atoms with Crippen molar-refractivity contribution in [2.45, 2.75) is 47.8 Å². The summed E-state index contributed by atoms with van der Waals surface area (Å²) in [6.07, 6.45) is 0.137. The normalized spacial score (nSPS) is 18.8. The molecule has 8 rings (SSSR count). The van der Waals surface area contributed by atoms with Crippen LogP contribution in [0.1, 0.15) is 44.7 Å². The number of anilines is 1. The topological polar surface area (TPSA) is 220 Å². The monoisotopic (exact) mass is 851 g/mol. The number of hydrogen-bond acceptors (Lipinski definition) is 12. The van der Waals surface area contributed by atoms with Crippen LogP contribution in [0, 0.1) is 5.82 Å². The molecule has 1 atom stereocenters. The summed E-state index contributed by atoms with van der Waals surface area (Å²) in [7, 11) is -8.01. The molecule has 0 radical (unpaired) electrons. The van der Waals surface area contributed by atoms with E-state index < -0.39 is 49.9 Å². The van der Waals surface area contributed by atoms with E-state index in [-0.39, 0.29) is 46.1 Å². The van der Waals surface area contributed by atoms with Crippen molar-refractivity contribution in [1.29, 1.82) is 0 Å². The lowest BCUT2D eigenvalue weighted by atomic mass is 10.0. The summed E-state index contributed by atoms with van der Waals surface area (Å²) in [6.45, 7) is 6.23. The van der Waals surface area contributed by atoms with Gasteiger partial charge >= 0.3 is 0 Å². The largest absolute Gasteiger partial charge is 0.380 e. The van der Waals surface area contributed by atoms with Gasteiger partial charge in [-0.3, -0.25) is 48.3 Å². The first-order valence-electron chi connectivity index (χ1n) is 18.5. The summed E-state index contributed by atoms with van der Waals surface area (Å²) in [6, 6.07) is 24.4. The molecule has 0 aromatic heterocycles. The van der Waals surface area contributed by atoms with Crippen LogP contribution in [0.5, 0.6) is 0 Å². The molecule has 4 N–H and O–H groups in total. The lowest BCUT2D eigenvalue weighted by molar-refractivity contribution is -0.136. The quantitative estimate of drug-likeness (QED) is 0.140. The van der Waals surface area contributed by atoms with E-state index in [1.807, 2.05) is 6.07 Å². The number of likely N-dealkylation sites (tertiary alicyclic amines) is 1. The Balaban J connectivity index is 0.000000238. The van der Waals surface area contributed by atoms with Crippen molar-refractivity contribution in [3.05, 3.63) is 125 Å². The Morgan fingerprint density at radius 2 is 1.39 bits per heavy atom. The number of fused-ring (bicyclic) bond motifs is 1. The number of amides is 4. The molecular formula is C40H42FN5O11S2. The summed E-state index contributed by atoms with van der Waals surface area (Å²) < 4.78 is 78.9. The number of nitrogens with one attached hydrogen (secondary N) is 2. The summed E-state index contributed by atoms with van der Waals surface area (Å²) in [5.74, 6) is -2.61. The highest BCUT2D eigenvalue weighted by molar-refractivity contribution is 7.86. The van der Waals surface area contributed by atoms with Crippen molar-refractivity contribution in [1.82, 2.24) is 20.0 Å². The molecule has 4 heterocycles. The fourth-order valence-corrected chi connectivity index (χ4v) is 7.98. The van der Waals surface area contributed by atoms with Crippen LogP contribution in [0.2, 0.25) is 0 Å². The molecule has 4 aliphatic rings. The van der Waals surface area contributed by atoms with Gasteiger partial charge in [-0.15, -0.1) is 0 Å². The van der Waals surface area contributed by atoms with E-state index in [0.29, 0.717) is 23.8 Å². The zero-order valence-corrected chi connectivity index (χ0v) is 33.2. The van der Waals surface area contributed by atoms with Crippen molar-refractivity contribution >= 4 is 49.6 Å². The van der Waals surface area contributed by atoms with E-state index in [9.17, 15) is 36.0 Å². The molecule has 16 nitrogen and oxygen atoms in total. The Morgan fingerprint density at radius 3 is 1.93 bits per heavy atom. The van der Waals surface area contributed by atoms with Gasteiger partial charge in [0.05, 0.1) is 34.1 Å². The van der Waals surface area contributed by atoms with Gasteiger partial charge in [-0.05, 0) is 54.4 Å². The number of rotatable bonds is 9. The Hall–Kier alpha value is -5.41. The lowest BCUT2D eigenvalue weighted by Gasteiger charge is -2.46. The van der Waals surface area contributed by atoms with Gasteiger partial charge in [0.25, 0.3) is 32.1 Å². The second kappa shape index (κ2) is 18.7. The molecule has 4 aromatic carbocycles. The first-order valence-corrected chi connectivity index (χ1v) is 21.4. The fourth-order valence-electron chi connectivity index (χ4n) is 6.97. The van der Waals surface area contributed by atoms with Crippen molar-refractivity contribution in [3.8, 4) is 0 Å². The maximum Gasteiger partial charge on any atom is 0.294 e. The lowest BCUT2D eigenvalue weighted by Crippen LogP contribution is -2.60. The third kappa shape index (κ3) is 10.8. The number of hydrogen-bond donors (Lipinski definition) is 4. The van der Waals surface area contributed by atoms with Gasteiger partial charge in [0.1, 0.15) is 11.9 Å². The first-order chi connectivity index (χ1) is 28.1. The summed E-state index contributed by atoms with van der Waals surface area (Å²) in [5.41, 5.74) is 2.05. The molecule has 3 fully saturated rings. The van der Waals surface area contributed by atoms with Crippen molar-refractivity contribution in [3.63, 3.8) is 0 Å². The number of carbonyl (C=O) groups is 4. The van der Waals surface area contributed by atoms with Crippen LogP contribution in [0.3, 0.4) is 0 Å². The highest BCUT2D eigenvalue weighted by Gasteiger charge is 2.45. The SMILES string of the molecule is O=C1CC[C@H](N2C(=O)c3cccc(NCc4ccc(CN5CC(N6CCOCC6)C5)cc4F)c3C2=O)C(=O)N1.O=S(=O)(O)c1ccccc1.O=S(=O)(O)c1ccccc1. The van der Waals surface area contributed by atoms with Crippen LogP contribution in [0.25, 0.3) is 0 Å². The maximum atomic E-state index is 15.0. The average molecular weight is 852 g/mol. The van der Waals surface area contributed by atoms with Crippen molar-refractivity contribution in [2.75, 3.05) is 44.7 Å². The third-order valence-electron chi connectivity index (χ3n) is 10.0. The number of ether oxygens (including phenoxy) is 1. The Labute approximate surface area is 340 Å². The molecule has 0 unspecified atom stereocenters. The molecule has 0 saturated carbocycles. The summed E-state index contributed by atoms with van der Waals surface area (Å²) in [4.78, 5) is 55.6. The van der Waals surface area contributed by atoms with E-state index in [4.69, 9.17) is 13.8 Å². The average Bonchev–Trinajstić information content (AvgIpc) is 3.45. The smallest absolute Gasteiger partial charge is 0.294 e. The molecule has 0 spiro atoms. The van der Waals surface area contributed by atoms with Crippen LogP contribution in [0.15, 0.2) is 107 Å². The first kappa shape index (κ1) is 43.2. The second-order valence-electron chi connectivity index (χ2n) is 14.0. The van der Waals surface area contributed by atoms with Crippen LogP contribution in [0.4, 0.5) is 10.1 Å². The van der Waals surface area contributed by atoms with Crippen LogP contribution in [-0.4, -0.2) is 116 Å². The Morgan fingerprint density at radius 1 is 0.780 bits per heavy atom. The van der Waals surface area contributed by atoms with Gasteiger partial charge in [0.15, 0.2) is 0 Å². The van der Waals surface area contributed by atoms with Crippen LogP contribution >= 0.6 is 0 Å². The van der Waals surface area contributed by atoms with Gasteiger partial charge in [-0.1, -0.05) is 54.6 Å². The number of carbonyl (C=O) groups excluding carboxylic acids is 4. The number of morpholine rings is 1. The maximum absolute atomic E-state index is 15.0. The number of imide groups is 2. The predicted molar refractivity (Wildman–Crippen MR) is 211 cm³/mol. The minimum absolute atomic E-state index is 0.0520. The number of piperidine rings is 1. The van der Waals surface area contributed by atoms with E-state index in [1.165, 1.54) is 30.3 Å². The molecular weight excluding hydrogens is 810 g/mol.